The number of piperazine rings is 1. The summed E-state index contributed by atoms with van der Waals surface area (Å²) in [6, 6.07) is 9.39. The third-order valence-corrected chi connectivity index (χ3v) is 7.66. The zero-order chi connectivity index (χ0) is 25.5. The molecule has 0 radical (unpaired) electrons. The number of esters is 1. The summed E-state index contributed by atoms with van der Waals surface area (Å²) < 4.78 is 41.8. The molecule has 1 aliphatic carbocycles. The molecular formula is C24H37N3O6S. The van der Waals surface area contributed by atoms with Crippen LogP contribution in [-0.4, -0.2) is 72.6 Å². The van der Waals surface area contributed by atoms with Crippen LogP contribution < -0.4 is 4.72 Å². The van der Waals surface area contributed by atoms with E-state index in [0.717, 1.165) is 5.56 Å². The number of carbonyl (C=O) groups is 2. The van der Waals surface area contributed by atoms with Crippen molar-refractivity contribution in [3.05, 3.63) is 35.9 Å². The summed E-state index contributed by atoms with van der Waals surface area (Å²) in [5, 5.41) is 0. The number of hydrogen-bond donors (Lipinski definition) is 1. The van der Waals surface area contributed by atoms with E-state index < -0.39 is 39.0 Å². The Balaban J connectivity index is 1.78. The van der Waals surface area contributed by atoms with Crippen LogP contribution >= 0.6 is 0 Å². The molecule has 0 aromatic heterocycles. The minimum atomic E-state index is -4.03. The maximum absolute atomic E-state index is 13.4. The van der Waals surface area contributed by atoms with Crippen LogP contribution in [0.15, 0.2) is 30.3 Å². The second kappa shape index (κ2) is 9.13. The second-order valence-electron chi connectivity index (χ2n) is 11.0. The van der Waals surface area contributed by atoms with Gasteiger partial charge < -0.3 is 14.4 Å². The van der Waals surface area contributed by atoms with Crippen molar-refractivity contribution in [2.24, 2.45) is 5.92 Å². The van der Waals surface area contributed by atoms with Gasteiger partial charge in [-0.05, 0) is 53.0 Å². The van der Waals surface area contributed by atoms with Crippen molar-refractivity contribution >= 4 is 22.3 Å². The fourth-order valence-electron chi connectivity index (χ4n) is 4.36. The molecule has 0 bridgehead atoms. The van der Waals surface area contributed by atoms with Crippen LogP contribution in [-0.2, 0) is 24.5 Å². The van der Waals surface area contributed by atoms with E-state index in [1.165, 1.54) is 9.21 Å². The van der Waals surface area contributed by atoms with Crippen LogP contribution in [0.25, 0.3) is 0 Å². The molecule has 1 aliphatic heterocycles. The van der Waals surface area contributed by atoms with Crippen molar-refractivity contribution in [2.75, 3.05) is 26.2 Å². The molecule has 1 saturated heterocycles. The van der Waals surface area contributed by atoms with Gasteiger partial charge in [-0.3, -0.25) is 0 Å². The molecule has 190 valence electrons. The van der Waals surface area contributed by atoms with Gasteiger partial charge in [0.15, 0.2) is 0 Å². The van der Waals surface area contributed by atoms with E-state index in [4.69, 9.17) is 9.47 Å². The van der Waals surface area contributed by atoms with E-state index in [1.807, 2.05) is 37.3 Å². The first-order valence-electron chi connectivity index (χ1n) is 11.6. The first kappa shape index (κ1) is 26.4. The molecule has 2 aliphatic rings. The van der Waals surface area contributed by atoms with Crippen LogP contribution in [0.4, 0.5) is 4.79 Å². The van der Waals surface area contributed by atoms with Crippen molar-refractivity contribution in [2.45, 2.75) is 71.1 Å². The SMILES string of the molecule is CC1[C@@H](c2ccccc2)[C@]1(NS(=O)(=O)N1CCN(C(=O)OC(C)(C)C)CC1)C(=O)OC(C)(C)C. The zero-order valence-corrected chi connectivity index (χ0v) is 21.9. The van der Waals surface area contributed by atoms with Gasteiger partial charge in [-0.1, -0.05) is 37.3 Å². The largest absolute Gasteiger partial charge is 0.459 e. The third kappa shape index (κ3) is 5.72. The highest BCUT2D eigenvalue weighted by atomic mass is 32.2. The molecule has 1 saturated carbocycles. The number of nitrogens with zero attached hydrogens (tertiary/aromatic N) is 2. The molecule has 1 aromatic carbocycles. The molecule has 1 heterocycles. The van der Waals surface area contributed by atoms with Crippen molar-refractivity contribution < 1.29 is 27.5 Å². The standard InChI is InChI=1S/C24H37N3O6S/c1-17-19(18-11-9-8-10-12-18)24(17,20(28)32-22(2,3)4)25-34(30,31)27-15-13-26(14-16-27)21(29)33-23(5,6)7/h8-12,17,19,25H,13-16H2,1-7H3/t17?,19-,24-/m0/s1. The number of nitrogens with one attached hydrogen (secondary N) is 1. The fourth-order valence-corrected chi connectivity index (χ4v) is 5.96. The van der Waals surface area contributed by atoms with Crippen molar-refractivity contribution in [1.82, 2.24) is 13.9 Å². The average Bonchev–Trinajstić information content (AvgIpc) is 3.30. The van der Waals surface area contributed by atoms with Crippen molar-refractivity contribution in [3.63, 3.8) is 0 Å². The van der Waals surface area contributed by atoms with Crippen molar-refractivity contribution in [1.29, 1.82) is 0 Å². The lowest BCUT2D eigenvalue weighted by molar-refractivity contribution is -0.158. The van der Waals surface area contributed by atoms with E-state index in [1.54, 1.807) is 41.5 Å². The first-order chi connectivity index (χ1) is 15.6. The Kier molecular flexibility index (Phi) is 7.09. The number of rotatable bonds is 5. The molecule has 10 heteroatoms. The number of carbonyl (C=O) groups excluding carboxylic acids is 2. The molecule has 3 atom stereocenters. The predicted molar refractivity (Wildman–Crippen MR) is 128 cm³/mol. The molecular weight excluding hydrogens is 458 g/mol. The van der Waals surface area contributed by atoms with Crippen LogP contribution in [0.5, 0.6) is 0 Å². The minimum Gasteiger partial charge on any atom is -0.459 e. The van der Waals surface area contributed by atoms with Gasteiger partial charge in [0.2, 0.25) is 0 Å². The minimum absolute atomic E-state index is 0.101. The Morgan fingerprint density at radius 1 is 0.941 bits per heavy atom. The topological polar surface area (TPSA) is 105 Å². The van der Waals surface area contributed by atoms with E-state index in [-0.39, 0.29) is 38.0 Å². The summed E-state index contributed by atoms with van der Waals surface area (Å²) in [5.41, 5.74) is -1.91. The maximum Gasteiger partial charge on any atom is 0.410 e. The maximum atomic E-state index is 13.4. The smallest absolute Gasteiger partial charge is 0.410 e. The summed E-state index contributed by atoms with van der Waals surface area (Å²) in [5.74, 6) is -1.22. The summed E-state index contributed by atoms with van der Waals surface area (Å²) in [6.07, 6.45) is -0.470. The van der Waals surface area contributed by atoms with Gasteiger partial charge in [0.1, 0.15) is 16.7 Å². The quantitative estimate of drug-likeness (QED) is 0.630. The van der Waals surface area contributed by atoms with Gasteiger partial charge >= 0.3 is 12.1 Å². The summed E-state index contributed by atoms with van der Waals surface area (Å²) in [6.45, 7) is 13.1. The summed E-state index contributed by atoms with van der Waals surface area (Å²) in [4.78, 5) is 27.2. The molecule has 34 heavy (non-hydrogen) atoms. The zero-order valence-electron chi connectivity index (χ0n) is 21.1. The van der Waals surface area contributed by atoms with Gasteiger partial charge in [0.25, 0.3) is 10.2 Å². The highest BCUT2D eigenvalue weighted by Crippen LogP contribution is 2.58. The van der Waals surface area contributed by atoms with E-state index in [9.17, 15) is 18.0 Å². The Morgan fingerprint density at radius 3 is 1.97 bits per heavy atom. The molecule has 1 N–H and O–H groups in total. The number of ether oxygens (including phenoxy) is 2. The normalized spacial score (nSPS) is 26.1. The molecule has 9 nitrogen and oxygen atoms in total. The van der Waals surface area contributed by atoms with E-state index in [2.05, 4.69) is 4.72 Å². The van der Waals surface area contributed by atoms with Crippen LogP contribution in [0.3, 0.4) is 0 Å². The lowest BCUT2D eigenvalue weighted by Gasteiger charge is -2.36. The van der Waals surface area contributed by atoms with Gasteiger partial charge in [-0.25, -0.2) is 9.59 Å². The van der Waals surface area contributed by atoms with Crippen molar-refractivity contribution in [3.8, 4) is 0 Å². The lowest BCUT2D eigenvalue weighted by atomic mass is 10.1. The Labute approximate surface area is 203 Å². The van der Waals surface area contributed by atoms with Gasteiger partial charge in [0, 0.05) is 32.1 Å². The number of amides is 1. The molecule has 1 aromatic rings. The lowest BCUT2D eigenvalue weighted by Crippen LogP contribution is -2.58. The third-order valence-electron chi connectivity index (χ3n) is 6.02. The Morgan fingerprint density at radius 2 is 1.47 bits per heavy atom. The fraction of sp³-hybridized carbons (Fsp3) is 0.667. The van der Waals surface area contributed by atoms with Gasteiger partial charge in [-0.2, -0.15) is 17.4 Å². The Bertz CT molecular complexity index is 1010. The summed E-state index contributed by atoms with van der Waals surface area (Å²) >= 11 is 0. The monoisotopic (exact) mass is 495 g/mol. The van der Waals surface area contributed by atoms with Crippen LogP contribution in [0, 0.1) is 5.92 Å². The molecule has 1 amide bonds. The van der Waals surface area contributed by atoms with Crippen LogP contribution in [0.2, 0.25) is 0 Å². The van der Waals surface area contributed by atoms with Gasteiger partial charge in [-0.15, -0.1) is 0 Å². The molecule has 0 spiro atoms. The molecule has 3 rings (SSSR count). The number of benzene rings is 1. The van der Waals surface area contributed by atoms with Gasteiger partial charge in [0.05, 0.1) is 0 Å². The highest BCUT2D eigenvalue weighted by molar-refractivity contribution is 7.87. The second-order valence-corrected chi connectivity index (χ2v) is 12.7. The van der Waals surface area contributed by atoms with Crippen LogP contribution in [0.1, 0.15) is 59.9 Å². The Hall–Kier alpha value is -2.17. The number of hydrogen-bond acceptors (Lipinski definition) is 6. The van der Waals surface area contributed by atoms with E-state index >= 15 is 0 Å². The van der Waals surface area contributed by atoms with E-state index in [0.29, 0.717) is 0 Å². The molecule has 1 unspecified atom stereocenters. The molecule has 2 fully saturated rings. The predicted octanol–water partition coefficient (Wildman–Crippen LogP) is 2.89. The first-order valence-corrected chi connectivity index (χ1v) is 13.1. The summed E-state index contributed by atoms with van der Waals surface area (Å²) in [7, 11) is -4.03. The average molecular weight is 496 g/mol. The highest BCUT2D eigenvalue weighted by Gasteiger charge is 2.71.